The minimum atomic E-state index is -3.23. The first kappa shape index (κ1) is 15.0. The molecule has 0 unspecified atom stereocenters. The van der Waals surface area contributed by atoms with E-state index >= 15 is 0 Å². The lowest BCUT2D eigenvalue weighted by Crippen LogP contribution is -2.16. The molecule has 0 fully saturated rings. The highest BCUT2D eigenvalue weighted by atomic mass is 32.2. The largest absolute Gasteiger partial charge is 0.284 e. The van der Waals surface area contributed by atoms with Crippen LogP contribution in [0.15, 0.2) is 29.6 Å². The van der Waals surface area contributed by atoms with Crippen LogP contribution in [0.25, 0.3) is 11.3 Å². The van der Waals surface area contributed by atoms with Crippen molar-refractivity contribution in [3.05, 3.63) is 34.7 Å². The highest BCUT2D eigenvalue weighted by Crippen LogP contribution is 2.23. The molecule has 1 heterocycles. The molecular weight excluding hydrogens is 292 g/mol. The van der Waals surface area contributed by atoms with Gasteiger partial charge in [-0.25, -0.2) is 13.4 Å². The van der Waals surface area contributed by atoms with Crippen LogP contribution in [-0.2, 0) is 10.0 Å². The maximum absolute atomic E-state index is 11.8. The van der Waals surface area contributed by atoms with Crippen molar-refractivity contribution < 1.29 is 8.42 Å². The molecule has 6 heteroatoms. The minimum Gasteiger partial charge on any atom is -0.284 e. The summed E-state index contributed by atoms with van der Waals surface area (Å²) in [6, 6.07) is 7.30. The second kappa shape index (κ2) is 6.37. The zero-order chi connectivity index (χ0) is 14.6. The number of hydrogen-bond donors (Lipinski definition) is 1. The number of anilines is 1. The number of sulfonamides is 1. The van der Waals surface area contributed by atoms with Crippen molar-refractivity contribution in [2.45, 2.75) is 26.7 Å². The molecule has 0 spiro atoms. The van der Waals surface area contributed by atoms with Crippen LogP contribution >= 0.6 is 11.3 Å². The van der Waals surface area contributed by atoms with Gasteiger partial charge in [-0.15, -0.1) is 11.3 Å². The Morgan fingerprint density at radius 1 is 1.25 bits per heavy atom. The quantitative estimate of drug-likeness (QED) is 0.885. The van der Waals surface area contributed by atoms with E-state index in [1.165, 1.54) is 0 Å². The maximum Gasteiger partial charge on any atom is 0.232 e. The Morgan fingerprint density at radius 2 is 1.95 bits per heavy atom. The van der Waals surface area contributed by atoms with Crippen LogP contribution in [0.1, 0.15) is 24.8 Å². The molecule has 0 bridgehead atoms. The van der Waals surface area contributed by atoms with E-state index in [0.717, 1.165) is 22.7 Å². The van der Waals surface area contributed by atoms with Crippen LogP contribution < -0.4 is 4.72 Å². The van der Waals surface area contributed by atoms with Crippen LogP contribution in [0, 0.1) is 6.92 Å². The minimum absolute atomic E-state index is 0.163. The summed E-state index contributed by atoms with van der Waals surface area (Å²) < 4.78 is 26.2. The molecule has 0 aliphatic heterocycles. The van der Waals surface area contributed by atoms with Crippen LogP contribution in [0.4, 0.5) is 5.69 Å². The van der Waals surface area contributed by atoms with Crippen molar-refractivity contribution in [2.24, 2.45) is 0 Å². The maximum atomic E-state index is 11.8. The van der Waals surface area contributed by atoms with Gasteiger partial charge in [-0.1, -0.05) is 25.5 Å². The zero-order valence-corrected chi connectivity index (χ0v) is 13.2. The summed E-state index contributed by atoms with van der Waals surface area (Å²) in [5.41, 5.74) is 2.51. The molecule has 1 aromatic carbocycles. The first-order chi connectivity index (χ1) is 9.50. The van der Waals surface area contributed by atoms with Crippen molar-refractivity contribution in [3.63, 3.8) is 0 Å². The van der Waals surface area contributed by atoms with Gasteiger partial charge in [-0.2, -0.15) is 0 Å². The Labute approximate surface area is 123 Å². The van der Waals surface area contributed by atoms with Gasteiger partial charge in [0.1, 0.15) is 0 Å². The van der Waals surface area contributed by atoms with Gasteiger partial charge in [0.25, 0.3) is 0 Å². The molecule has 0 amide bonds. The number of rotatable bonds is 6. The highest BCUT2D eigenvalue weighted by Gasteiger charge is 2.09. The number of benzene rings is 1. The molecule has 0 saturated carbocycles. The lowest BCUT2D eigenvalue weighted by molar-refractivity contribution is 0.598. The Bertz CT molecular complexity index is 661. The summed E-state index contributed by atoms with van der Waals surface area (Å²) in [5.74, 6) is 0.163. The Balaban J connectivity index is 2.09. The molecule has 2 rings (SSSR count). The number of nitrogens with one attached hydrogen (secondary N) is 1. The molecule has 0 aliphatic rings. The summed E-state index contributed by atoms with van der Waals surface area (Å²) in [5, 5.41) is 3.01. The van der Waals surface area contributed by atoms with Gasteiger partial charge >= 0.3 is 0 Å². The van der Waals surface area contributed by atoms with E-state index in [1.54, 1.807) is 23.5 Å². The summed E-state index contributed by atoms with van der Waals surface area (Å²) in [4.78, 5) is 4.41. The Hall–Kier alpha value is -1.40. The van der Waals surface area contributed by atoms with Crippen molar-refractivity contribution in [1.29, 1.82) is 0 Å². The van der Waals surface area contributed by atoms with E-state index in [9.17, 15) is 8.42 Å². The van der Waals surface area contributed by atoms with Gasteiger partial charge in [0.15, 0.2) is 0 Å². The van der Waals surface area contributed by atoms with Crippen molar-refractivity contribution in [2.75, 3.05) is 10.5 Å². The van der Waals surface area contributed by atoms with E-state index in [0.29, 0.717) is 12.1 Å². The monoisotopic (exact) mass is 310 g/mol. The smallest absolute Gasteiger partial charge is 0.232 e. The summed E-state index contributed by atoms with van der Waals surface area (Å²) in [6.45, 7) is 3.94. The SMILES string of the molecule is CCCCS(=O)(=O)Nc1ccc(-c2csc(C)n2)cc1. The third-order valence-corrected chi connectivity index (χ3v) is 4.99. The van der Waals surface area contributed by atoms with E-state index in [1.807, 2.05) is 31.4 Å². The van der Waals surface area contributed by atoms with Crippen molar-refractivity contribution in [3.8, 4) is 11.3 Å². The second-order valence-corrected chi connectivity index (χ2v) is 7.51. The fourth-order valence-corrected chi connectivity index (χ4v) is 3.66. The fraction of sp³-hybridized carbons (Fsp3) is 0.357. The second-order valence-electron chi connectivity index (χ2n) is 4.60. The standard InChI is InChI=1S/C14H18N2O2S2/c1-3-4-9-20(17,18)16-13-7-5-12(6-8-13)14-10-19-11(2)15-14/h5-8,10,16H,3-4,9H2,1-2H3. The summed E-state index contributed by atoms with van der Waals surface area (Å²) in [7, 11) is -3.23. The zero-order valence-electron chi connectivity index (χ0n) is 11.6. The van der Waals surface area contributed by atoms with E-state index in [2.05, 4.69) is 9.71 Å². The molecule has 0 saturated heterocycles. The number of hydrogen-bond acceptors (Lipinski definition) is 4. The first-order valence-electron chi connectivity index (χ1n) is 6.53. The lowest BCUT2D eigenvalue weighted by atomic mass is 10.1. The topological polar surface area (TPSA) is 59.1 Å². The number of aromatic nitrogens is 1. The predicted molar refractivity (Wildman–Crippen MR) is 84.6 cm³/mol. The Kier molecular flexibility index (Phi) is 4.77. The molecule has 0 radical (unpaired) electrons. The Morgan fingerprint density at radius 3 is 2.50 bits per heavy atom. The van der Waals surface area contributed by atoms with Gasteiger partial charge in [0.05, 0.1) is 16.5 Å². The van der Waals surface area contributed by atoms with Gasteiger partial charge in [0, 0.05) is 16.6 Å². The summed E-state index contributed by atoms with van der Waals surface area (Å²) >= 11 is 1.60. The third kappa shape index (κ3) is 4.05. The van der Waals surface area contributed by atoms with E-state index < -0.39 is 10.0 Å². The van der Waals surface area contributed by atoms with Crippen LogP contribution in [0.2, 0.25) is 0 Å². The third-order valence-electron chi connectivity index (χ3n) is 2.84. The number of nitrogens with zero attached hydrogens (tertiary/aromatic N) is 1. The summed E-state index contributed by atoms with van der Waals surface area (Å²) in [6.07, 6.45) is 1.54. The molecule has 20 heavy (non-hydrogen) atoms. The molecule has 2 aromatic rings. The number of thiazole rings is 1. The van der Waals surface area contributed by atoms with Gasteiger partial charge in [-0.3, -0.25) is 4.72 Å². The lowest BCUT2D eigenvalue weighted by Gasteiger charge is -2.07. The molecule has 0 atom stereocenters. The average Bonchev–Trinajstić information content (AvgIpc) is 2.84. The van der Waals surface area contributed by atoms with Gasteiger partial charge < -0.3 is 0 Å². The van der Waals surface area contributed by atoms with Gasteiger partial charge in [-0.05, 0) is 25.5 Å². The van der Waals surface area contributed by atoms with E-state index in [4.69, 9.17) is 0 Å². The van der Waals surface area contributed by atoms with Crippen LogP contribution in [0.3, 0.4) is 0 Å². The van der Waals surface area contributed by atoms with Crippen LogP contribution in [0.5, 0.6) is 0 Å². The van der Waals surface area contributed by atoms with Crippen molar-refractivity contribution in [1.82, 2.24) is 4.98 Å². The number of unbranched alkanes of at least 4 members (excludes halogenated alkanes) is 1. The first-order valence-corrected chi connectivity index (χ1v) is 9.06. The molecular formula is C14H18N2O2S2. The molecule has 1 aromatic heterocycles. The molecule has 4 nitrogen and oxygen atoms in total. The highest BCUT2D eigenvalue weighted by molar-refractivity contribution is 7.92. The molecule has 108 valence electrons. The average molecular weight is 310 g/mol. The van der Waals surface area contributed by atoms with E-state index in [-0.39, 0.29) is 5.75 Å². The number of aryl methyl sites for hydroxylation is 1. The van der Waals surface area contributed by atoms with Crippen LogP contribution in [-0.4, -0.2) is 19.2 Å². The van der Waals surface area contributed by atoms with Crippen molar-refractivity contribution >= 4 is 27.0 Å². The predicted octanol–water partition coefficient (Wildman–Crippen LogP) is 3.66. The normalized spacial score (nSPS) is 11.5. The van der Waals surface area contributed by atoms with Gasteiger partial charge in [0.2, 0.25) is 10.0 Å². The molecule has 0 aliphatic carbocycles. The molecule has 1 N–H and O–H groups in total. The fourth-order valence-electron chi connectivity index (χ4n) is 1.77.